The SMILES string of the molecule is CCC(CC)n1nnc(C(=O)OC(C)(C)C)c1C. The maximum absolute atomic E-state index is 12.0. The highest BCUT2D eigenvalue weighted by molar-refractivity contribution is 5.88. The fraction of sp³-hybridized carbons (Fsp3) is 0.769. The highest BCUT2D eigenvalue weighted by Gasteiger charge is 2.24. The number of aromatic nitrogens is 3. The number of hydrogen-bond donors (Lipinski definition) is 0. The molecule has 0 atom stereocenters. The Morgan fingerprint density at radius 1 is 1.33 bits per heavy atom. The highest BCUT2D eigenvalue weighted by atomic mass is 16.6. The van der Waals surface area contributed by atoms with Gasteiger partial charge in [-0.25, -0.2) is 9.48 Å². The van der Waals surface area contributed by atoms with Gasteiger partial charge < -0.3 is 4.74 Å². The zero-order valence-electron chi connectivity index (χ0n) is 12.1. The molecule has 0 bridgehead atoms. The molecule has 1 aromatic rings. The first-order chi connectivity index (χ1) is 8.30. The second-order valence-electron chi connectivity index (χ2n) is 5.44. The minimum atomic E-state index is -0.512. The van der Waals surface area contributed by atoms with Crippen LogP contribution in [0.25, 0.3) is 0 Å². The summed E-state index contributed by atoms with van der Waals surface area (Å²) in [6, 6.07) is 0.286. The summed E-state index contributed by atoms with van der Waals surface area (Å²) >= 11 is 0. The Morgan fingerprint density at radius 2 is 1.89 bits per heavy atom. The number of carbonyl (C=O) groups excluding carboxylic acids is 1. The molecule has 102 valence electrons. The van der Waals surface area contributed by atoms with Gasteiger partial charge in [-0.3, -0.25) is 0 Å². The Labute approximate surface area is 109 Å². The summed E-state index contributed by atoms with van der Waals surface area (Å²) in [5, 5.41) is 8.03. The van der Waals surface area contributed by atoms with Crippen LogP contribution >= 0.6 is 0 Å². The van der Waals surface area contributed by atoms with E-state index in [-0.39, 0.29) is 6.04 Å². The molecule has 5 nitrogen and oxygen atoms in total. The number of nitrogens with zero attached hydrogens (tertiary/aromatic N) is 3. The van der Waals surface area contributed by atoms with Crippen molar-refractivity contribution < 1.29 is 9.53 Å². The third-order valence-corrected chi connectivity index (χ3v) is 2.81. The number of rotatable bonds is 4. The maximum Gasteiger partial charge on any atom is 0.361 e. The van der Waals surface area contributed by atoms with Crippen LogP contribution in [0.5, 0.6) is 0 Å². The van der Waals surface area contributed by atoms with Crippen molar-refractivity contribution in [2.75, 3.05) is 0 Å². The molecule has 18 heavy (non-hydrogen) atoms. The number of ether oxygens (including phenoxy) is 1. The Balaban J connectivity index is 2.96. The minimum Gasteiger partial charge on any atom is -0.455 e. The first kappa shape index (κ1) is 14.7. The van der Waals surface area contributed by atoms with Gasteiger partial charge in [0.1, 0.15) is 5.60 Å². The van der Waals surface area contributed by atoms with E-state index in [1.165, 1.54) is 0 Å². The molecule has 0 unspecified atom stereocenters. The fourth-order valence-electron chi connectivity index (χ4n) is 1.84. The van der Waals surface area contributed by atoms with Crippen LogP contribution in [0, 0.1) is 6.92 Å². The van der Waals surface area contributed by atoms with Gasteiger partial charge in [-0.1, -0.05) is 19.1 Å². The second kappa shape index (κ2) is 5.50. The maximum atomic E-state index is 12.0. The predicted octanol–water partition coefficient (Wildman–Crippen LogP) is 2.90. The number of carbonyl (C=O) groups is 1. The second-order valence-corrected chi connectivity index (χ2v) is 5.44. The smallest absolute Gasteiger partial charge is 0.361 e. The van der Waals surface area contributed by atoms with E-state index < -0.39 is 11.6 Å². The van der Waals surface area contributed by atoms with Gasteiger partial charge in [0.2, 0.25) is 0 Å². The monoisotopic (exact) mass is 253 g/mol. The van der Waals surface area contributed by atoms with Crippen LogP contribution in [-0.2, 0) is 4.74 Å². The zero-order chi connectivity index (χ0) is 13.9. The largest absolute Gasteiger partial charge is 0.455 e. The summed E-state index contributed by atoms with van der Waals surface area (Å²) in [7, 11) is 0. The summed E-state index contributed by atoms with van der Waals surface area (Å²) in [5.41, 5.74) is 0.581. The van der Waals surface area contributed by atoms with Crippen LogP contribution in [0.3, 0.4) is 0 Å². The lowest BCUT2D eigenvalue weighted by Gasteiger charge is -2.19. The van der Waals surface area contributed by atoms with Crippen LogP contribution in [0.2, 0.25) is 0 Å². The lowest BCUT2D eigenvalue weighted by atomic mass is 10.1. The van der Waals surface area contributed by atoms with Crippen molar-refractivity contribution in [2.45, 2.75) is 66.0 Å². The van der Waals surface area contributed by atoms with Gasteiger partial charge in [0, 0.05) is 0 Å². The zero-order valence-corrected chi connectivity index (χ0v) is 12.1. The molecule has 0 fully saturated rings. The molecule has 0 saturated heterocycles. The van der Waals surface area contributed by atoms with E-state index in [2.05, 4.69) is 24.2 Å². The van der Waals surface area contributed by atoms with Crippen molar-refractivity contribution in [3.05, 3.63) is 11.4 Å². The van der Waals surface area contributed by atoms with E-state index >= 15 is 0 Å². The van der Waals surface area contributed by atoms with Crippen LogP contribution in [0.1, 0.15) is 69.7 Å². The summed E-state index contributed by atoms with van der Waals surface area (Å²) in [5.74, 6) is -0.405. The topological polar surface area (TPSA) is 57.0 Å². The first-order valence-corrected chi connectivity index (χ1v) is 6.45. The van der Waals surface area contributed by atoms with Crippen LogP contribution in [-0.4, -0.2) is 26.6 Å². The van der Waals surface area contributed by atoms with Crippen molar-refractivity contribution in [3.63, 3.8) is 0 Å². The minimum absolute atomic E-state index is 0.286. The third kappa shape index (κ3) is 3.31. The summed E-state index contributed by atoms with van der Waals surface area (Å²) in [4.78, 5) is 12.0. The van der Waals surface area contributed by atoms with Crippen LogP contribution < -0.4 is 0 Å². The lowest BCUT2D eigenvalue weighted by Crippen LogP contribution is -2.24. The molecule has 0 radical (unpaired) electrons. The molecule has 0 aliphatic carbocycles. The van der Waals surface area contributed by atoms with Gasteiger partial charge in [-0.05, 0) is 40.5 Å². The van der Waals surface area contributed by atoms with Gasteiger partial charge in [-0.15, -0.1) is 5.10 Å². The van der Waals surface area contributed by atoms with E-state index in [0.717, 1.165) is 18.5 Å². The van der Waals surface area contributed by atoms with Gasteiger partial charge in [0.25, 0.3) is 0 Å². The highest BCUT2D eigenvalue weighted by Crippen LogP contribution is 2.19. The lowest BCUT2D eigenvalue weighted by molar-refractivity contribution is 0.00618. The molecule has 0 saturated carbocycles. The Morgan fingerprint density at radius 3 is 2.33 bits per heavy atom. The van der Waals surface area contributed by atoms with Crippen LogP contribution in [0.15, 0.2) is 0 Å². The van der Waals surface area contributed by atoms with Gasteiger partial charge in [0.05, 0.1) is 11.7 Å². The molecular formula is C13H23N3O2. The average Bonchev–Trinajstić information content (AvgIpc) is 2.60. The molecule has 1 heterocycles. The molecule has 0 aliphatic heterocycles. The quantitative estimate of drug-likeness (QED) is 0.774. The van der Waals surface area contributed by atoms with E-state index in [1.54, 1.807) is 0 Å². The molecule has 0 aliphatic rings. The molecule has 5 heteroatoms. The van der Waals surface area contributed by atoms with Gasteiger partial charge in [0.15, 0.2) is 5.69 Å². The van der Waals surface area contributed by atoms with Crippen molar-refractivity contribution in [2.24, 2.45) is 0 Å². The Kier molecular flexibility index (Phi) is 4.48. The van der Waals surface area contributed by atoms with Gasteiger partial charge in [-0.2, -0.15) is 0 Å². The number of esters is 1. The normalized spacial score (nSPS) is 11.9. The Bertz CT molecular complexity index is 414. The molecule has 0 aromatic carbocycles. The fourth-order valence-corrected chi connectivity index (χ4v) is 1.84. The summed E-state index contributed by atoms with van der Waals surface area (Å²) in [6.07, 6.45) is 1.93. The third-order valence-electron chi connectivity index (χ3n) is 2.81. The average molecular weight is 253 g/mol. The molecule has 0 spiro atoms. The molecule has 0 amide bonds. The first-order valence-electron chi connectivity index (χ1n) is 6.45. The molecular weight excluding hydrogens is 230 g/mol. The summed E-state index contributed by atoms with van der Waals surface area (Å²) < 4.78 is 7.13. The van der Waals surface area contributed by atoms with E-state index in [0.29, 0.717) is 5.69 Å². The molecule has 1 aromatic heterocycles. The number of hydrogen-bond acceptors (Lipinski definition) is 4. The van der Waals surface area contributed by atoms with Gasteiger partial charge >= 0.3 is 5.97 Å². The molecule has 1 rings (SSSR count). The van der Waals surface area contributed by atoms with Crippen molar-refractivity contribution >= 4 is 5.97 Å². The van der Waals surface area contributed by atoms with Crippen molar-refractivity contribution in [3.8, 4) is 0 Å². The van der Waals surface area contributed by atoms with E-state index in [1.807, 2.05) is 32.4 Å². The van der Waals surface area contributed by atoms with E-state index in [4.69, 9.17) is 4.74 Å². The summed E-state index contributed by atoms with van der Waals surface area (Å²) in [6.45, 7) is 11.6. The van der Waals surface area contributed by atoms with E-state index in [9.17, 15) is 4.79 Å². The van der Waals surface area contributed by atoms with Crippen LogP contribution in [0.4, 0.5) is 0 Å². The van der Waals surface area contributed by atoms with Crippen molar-refractivity contribution in [1.82, 2.24) is 15.0 Å². The van der Waals surface area contributed by atoms with Crippen molar-refractivity contribution in [1.29, 1.82) is 0 Å². The molecule has 0 N–H and O–H groups in total. The standard InChI is InChI=1S/C13H23N3O2/c1-7-10(8-2)16-9(3)11(14-15-16)12(17)18-13(4,5)6/h10H,7-8H2,1-6H3. The Hall–Kier alpha value is -1.39. The predicted molar refractivity (Wildman–Crippen MR) is 69.5 cm³/mol.